The van der Waals surface area contributed by atoms with Crippen LogP contribution in [0.15, 0.2) is 21.7 Å². The third kappa shape index (κ3) is 5.51. The van der Waals surface area contributed by atoms with Crippen LogP contribution in [-0.2, 0) is 11.3 Å². The molecule has 0 atom stereocenters. The highest BCUT2D eigenvalue weighted by Gasteiger charge is 2.24. The zero-order valence-corrected chi connectivity index (χ0v) is 16.0. The second kappa shape index (κ2) is 8.40. The van der Waals surface area contributed by atoms with Gasteiger partial charge in [0.1, 0.15) is 12.3 Å². The van der Waals surface area contributed by atoms with Gasteiger partial charge in [0.05, 0.1) is 6.26 Å². The van der Waals surface area contributed by atoms with E-state index < -0.39 is 0 Å². The first-order chi connectivity index (χ1) is 9.97. The molecule has 2 rings (SSSR count). The van der Waals surface area contributed by atoms with Crippen molar-refractivity contribution in [1.82, 2.24) is 15.1 Å². The Hall–Kier alpha value is -1.25. The number of carbonyl (C=O) groups excluding carboxylic acids is 1. The van der Waals surface area contributed by atoms with Gasteiger partial charge < -0.3 is 19.5 Å². The van der Waals surface area contributed by atoms with Crippen LogP contribution < -0.4 is 5.32 Å². The van der Waals surface area contributed by atoms with E-state index in [2.05, 4.69) is 10.3 Å². The van der Waals surface area contributed by atoms with Crippen molar-refractivity contribution in [2.24, 2.45) is 4.99 Å². The summed E-state index contributed by atoms with van der Waals surface area (Å²) in [5.74, 6) is 1.68. The Balaban J connectivity index is 0.00000242. The number of carbonyl (C=O) groups is 1. The van der Waals surface area contributed by atoms with E-state index in [9.17, 15) is 4.79 Å². The van der Waals surface area contributed by atoms with Gasteiger partial charge in [-0.05, 0) is 25.8 Å². The molecule has 7 heteroatoms. The minimum Gasteiger partial charge on any atom is -0.469 e. The number of furan rings is 1. The summed E-state index contributed by atoms with van der Waals surface area (Å²) in [6, 6.07) is 2.46. The lowest BCUT2D eigenvalue weighted by Gasteiger charge is -2.22. The normalized spacial score (nSPS) is 14.3. The molecule has 124 valence electrons. The van der Waals surface area contributed by atoms with Gasteiger partial charge in [-0.1, -0.05) is 0 Å². The van der Waals surface area contributed by atoms with Gasteiger partial charge in [0.25, 0.3) is 0 Å². The van der Waals surface area contributed by atoms with Crippen molar-refractivity contribution >= 4 is 35.8 Å². The van der Waals surface area contributed by atoms with E-state index in [4.69, 9.17) is 4.42 Å². The van der Waals surface area contributed by atoms with Crippen LogP contribution in [-0.4, -0.2) is 55.4 Å². The molecule has 22 heavy (non-hydrogen) atoms. The Morgan fingerprint density at radius 3 is 2.59 bits per heavy atom. The van der Waals surface area contributed by atoms with Crippen molar-refractivity contribution in [3.8, 4) is 0 Å². The van der Waals surface area contributed by atoms with Crippen molar-refractivity contribution in [2.75, 3.05) is 27.7 Å². The molecule has 1 aromatic heterocycles. The number of hydrogen-bond acceptors (Lipinski definition) is 3. The first-order valence-corrected chi connectivity index (χ1v) is 7.22. The molecule has 1 saturated carbocycles. The number of hydrogen-bond donors (Lipinski definition) is 1. The predicted molar refractivity (Wildman–Crippen MR) is 97.5 cm³/mol. The van der Waals surface area contributed by atoms with Crippen LogP contribution in [0.3, 0.4) is 0 Å². The highest BCUT2D eigenvalue weighted by atomic mass is 127. The smallest absolute Gasteiger partial charge is 0.243 e. The van der Waals surface area contributed by atoms with Gasteiger partial charge in [-0.25, -0.2) is 4.99 Å². The zero-order chi connectivity index (χ0) is 15.4. The second-order valence-electron chi connectivity index (χ2n) is 5.70. The summed E-state index contributed by atoms with van der Waals surface area (Å²) in [7, 11) is 5.45. The van der Waals surface area contributed by atoms with Crippen molar-refractivity contribution < 1.29 is 9.21 Å². The van der Waals surface area contributed by atoms with Crippen molar-refractivity contribution in [2.45, 2.75) is 32.4 Å². The number of guanidine groups is 1. The van der Waals surface area contributed by atoms with E-state index in [1.165, 1.54) is 12.8 Å². The fourth-order valence-corrected chi connectivity index (χ4v) is 1.88. The Labute approximate surface area is 149 Å². The second-order valence-corrected chi connectivity index (χ2v) is 5.70. The molecule has 1 fully saturated rings. The maximum Gasteiger partial charge on any atom is 0.243 e. The van der Waals surface area contributed by atoms with Crippen molar-refractivity contribution in [1.29, 1.82) is 0 Å². The van der Waals surface area contributed by atoms with Crippen LogP contribution in [0.25, 0.3) is 0 Å². The monoisotopic (exact) mass is 420 g/mol. The SMILES string of the molecule is Cc1occc1CN(C)C(=NCC(=O)N(C)C)NC1CC1.I. The first-order valence-electron chi connectivity index (χ1n) is 7.22. The van der Waals surface area contributed by atoms with Crippen molar-refractivity contribution in [3.63, 3.8) is 0 Å². The van der Waals surface area contributed by atoms with Gasteiger partial charge in [-0.2, -0.15) is 0 Å². The third-order valence-electron chi connectivity index (χ3n) is 3.51. The molecule has 0 saturated heterocycles. The van der Waals surface area contributed by atoms with Gasteiger partial charge in [-0.15, -0.1) is 24.0 Å². The number of nitrogens with one attached hydrogen (secondary N) is 1. The highest BCUT2D eigenvalue weighted by Crippen LogP contribution is 2.19. The minimum absolute atomic E-state index is 0. The van der Waals surface area contributed by atoms with E-state index >= 15 is 0 Å². The molecule has 1 aliphatic carbocycles. The summed E-state index contributed by atoms with van der Waals surface area (Å²) in [6.07, 6.45) is 4.03. The Kier molecular flexibility index (Phi) is 7.18. The molecule has 0 aromatic carbocycles. The number of amides is 1. The minimum atomic E-state index is -0.00186. The summed E-state index contributed by atoms with van der Waals surface area (Å²) in [5.41, 5.74) is 1.13. The van der Waals surface area contributed by atoms with Crippen molar-refractivity contribution in [3.05, 3.63) is 23.7 Å². The number of nitrogens with zero attached hydrogens (tertiary/aromatic N) is 3. The Morgan fingerprint density at radius 2 is 2.09 bits per heavy atom. The number of aryl methyl sites for hydroxylation is 1. The van der Waals surface area contributed by atoms with Crippen LogP contribution in [0, 0.1) is 6.92 Å². The van der Waals surface area contributed by atoms with E-state index in [0.29, 0.717) is 12.6 Å². The lowest BCUT2D eigenvalue weighted by atomic mass is 10.2. The number of aliphatic imine (C=N–C) groups is 1. The molecule has 6 nitrogen and oxygen atoms in total. The highest BCUT2D eigenvalue weighted by molar-refractivity contribution is 14.0. The number of rotatable bonds is 5. The van der Waals surface area contributed by atoms with Crippen LogP contribution in [0.4, 0.5) is 0 Å². The Bertz CT molecular complexity index is 523. The maximum atomic E-state index is 11.7. The molecular formula is C15H25IN4O2. The van der Waals surface area contributed by atoms with E-state index in [1.807, 2.05) is 24.9 Å². The molecule has 0 radical (unpaired) electrons. The fraction of sp³-hybridized carbons (Fsp3) is 0.600. The van der Waals surface area contributed by atoms with Gasteiger partial charge >= 0.3 is 0 Å². The quantitative estimate of drug-likeness (QED) is 0.449. The average Bonchev–Trinajstić information content (AvgIpc) is 3.17. The maximum absolute atomic E-state index is 11.7. The largest absolute Gasteiger partial charge is 0.469 e. The average molecular weight is 420 g/mol. The molecule has 1 heterocycles. The molecule has 0 spiro atoms. The molecular weight excluding hydrogens is 395 g/mol. The lowest BCUT2D eigenvalue weighted by molar-refractivity contribution is -0.127. The standard InChI is InChI=1S/C15H24N4O2.HI/c1-11-12(7-8-21-11)10-19(4)15(17-13-5-6-13)16-9-14(20)18(2)3;/h7-8,13H,5-6,9-10H2,1-4H3,(H,16,17);1H. The summed E-state index contributed by atoms with van der Waals surface area (Å²) in [5, 5.41) is 3.39. The zero-order valence-electron chi connectivity index (χ0n) is 13.6. The lowest BCUT2D eigenvalue weighted by Crippen LogP contribution is -2.40. The molecule has 0 bridgehead atoms. The molecule has 1 N–H and O–H groups in total. The Morgan fingerprint density at radius 1 is 1.41 bits per heavy atom. The molecule has 0 unspecified atom stereocenters. The third-order valence-corrected chi connectivity index (χ3v) is 3.51. The first kappa shape index (κ1) is 18.8. The topological polar surface area (TPSA) is 61.1 Å². The summed E-state index contributed by atoms with van der Waals surface area (Å²) < 4.78 is 5.32. The van der Waals surface area contributed by atoms with Gasteiger partial charge in [0.15, 0.2) is 5.96 Å². The van der Waals surface area contributed by atoms with E-state index in [1.54, 1.807) is 25.3 Å². The van der Waals surface area contributed by atoms with E-state index in [-0.39, 0.29) is 36.4 Å². The van der Waals surface area contributed by atoms with Gasteiger partial charge in [-0.3, -0.25) is 4.79 Å². The van der Waals surface area contributed by atoms with Gasteiger partial charge in [0, 0.05) is 39.3 Å². The van der Waals surface area contributed by atoms with E-state index in [0.717, 1.165) is 17.3 Å². The summed E-state index contributed by atoms with van der Waals surface area (Å²) >= 11 is 0. The molecule has 1 aromatic rings. The molecule has 1 amide bonds. The van der Waals surface area contributed by atoms with Crippen LogP contribution >= 0.6 is 24.0 Å². The summed E-state index contributed by atoms with van der Waals surface area (Å²) in [6.45, 7) is 2.82. The predicted octanol–water partition coefficient (Wildman–Crippen LogP) is 1.83. The number of halogens is 1. The molecule has 1 aliphatic rings. The van der Waals surface area contributed by atoms with Crippen LogP contribution in [0.1, 0.15) is 24.2 Å². The van der Waals surface area contributed by atoms with Crippen LogP contribution in [0.5, 0.6) is 0 Å². The van der Waals surface area contributed by atoms with Gasteiger partial charge in [0.2, 0.25) is 5.91 Å². The summed E-state index contributed by atoms with van der Waals surface area (Å²) in [4.78, 5) is 19.7. The number of likely N-dealkylation sites (N-methyl/N-ethyl adjacent to an activating group) is 1. The molecule has 0 aliphatic heterocycles. The fourth-order valence-electron chi connectivity index (χ4n) is 1.88. The van der Waals surface area contributed by atoms with Crippen LogP contribution in [0.2, 0.25) is 0 Å².